The Kier molecular flexibility index (Phi) is 3.98. The largest absolute Gasteiger partial charge is 0.478 e. The van der Waals surface area contributed by atoms with Crippen molar-refractivity contribution in [2.75, 3.05) is 0 Å². The van der Waals surface area contributed by atoms with E-state index in [9.17, 15) is 9.90 Å². The minimum absolute atomic E-state index is 0.164. The lowest BCUT2D eigenvalue weighted by Gasteiger charge is -2.29. The van der Waals surface area contributed by atoms with E-state index in [2.05, 4.69) is 31.4 Å². The number of aryl methyl sites for hydroxylation is 1. The molecule has 4 N–H and O–H groups in total. The lowest BCUT2D eigenvalue weighted by Crippen LogP contribution is -2.26. The molecular formula is C20H24N2O2S. The first-order valence-electron chi connectivity index (χ1n) is 8.87. The number of hydrogen-bond acceptors (Lipinski definition) is 4. The summed E-state index contributed by atoms with van der Waals surface area (Å²) in [6, 6.07) is 6.37. The third-order valence-electron chi connectivity index (χ3n) is 5.71. The van der Waals surface area contributed by atoms with Crippen molar-refractivity contribution in [2.24, 2.45) is 11.3 Å². The third kappa shape index (κ3) is 2.71. The maximum absolute atomic E-state index is 12.1. The number of nitrogens with two attached hydrogens (primary N) is 1. The number of carboxylic acids is 1. The van der Waals surface area contributed by atoms with Crippen LogP contribution >= 0.6 is 11.3 Å². The Morgan fingerprint density at radius 2 is 2.12 bits per heavy atom. The Bertz CT molecular complexity index is 854. The molecule has 0 aliphatic heterocycles. The fraction of sp³-hybridized carbons (Fsp3) is 0.450. The first-order valence-corrected chi connectivity index (χ1v) is 9.69. The second-order valence-corrected chi connectivity index (χ2v) is 9.09. The molecule has 0 bridgehead atoms. The molecule has 0 amide bonds. The van der Waals surface area contributed by atoms with Crippen LogP contribution in [0, 0.1) is 5.41 Å². The van der Waals surface area contributed by atoms with E-state index in [4.69, 9.17) is 5.84 Å². The lowest BCUT2D eigenvalue weighted by atomic mass is 9.76. The molecule has 1 atom stereocenters. The molecule has 0 saturated carbocycles. The molecule has 2 aromatic rings. The predicted octanol–water partition coefficient (Wildman–Crippen LogP) is 4.08. The van der Waals surface area contributed by atoms with Crippen LogP contribution < -0.4 is 11.3 Å². The molecule has 0 spiro atoms. The van der Waals surface area contributed by atoms with Gasteiger partial charge in [0.25, 0.3) is 0 Å². The second kappa shape index (κ2) is 5.94. The Morgan fingerprint density at radius 1 is 1.32 bits per heavy atom. The van der Waals surface area contributed by atoms with Gasteiger partial charge in [0.15, 0.2) is 0 Å². The summed E-state index contributed by atoms with van der Waals surface area (Å²) in [5.41, 5.74) is 8.20. The van der Waals surface area contributed by atoms with Crippen LogP contribution in [-0.4, -0.2) is 11.1 Å². The van der Waals surface area contributed by atoms with E-state index in [1.165, 1.54) is 16.0 Å². The number of rotatable bonds is 3. The zero-order valence-electron chi connectivity index (χ0n) is 14.7. The molecule has 4 rings (SSSR count). The van der Waals surface area contributed by atoms with Crippen molar-refractivity contribution < 1.29 is 9.90 Å². The number of carbonyl (C=O) groups is 1. The van der Waals surface area contributed by atoms with Crippen LogP contribution in [0.5, 0.6) is 0 Å². The summed E-state index contributed by atoms with van der Waals surface area (Å²) in [5.74, 6) is 4.89. The van der Waals surface area contributed by atoms with Gasteiger partial charge in [0.1, 0.15) is 0 Å². The fourth-order valence-electron chi connectivity index (χ4n) is 4.38. The number of nitrogens with one attached hydrogen (secondary N) is 1. The molecule has 2 aliphatic rings. The average Bonchev–Trinajstić information content (AvgIpc) is 3.14. The average molecular weight is 356 g/mol. The van der Waals surface area contributed by atoms with Crippen LogP contribution in [0.4, 0.5) is 0 Å². The molecule has 1 aromatic carbocycles. The van der Waals surface area contributed by atoms with E-state index in [1.807, 2.05) is 6.07 Å². The van der Waals surface area contributed by atoms with Gasteiger partial charge in [0, 0.05) is 15.8 Å². The smallest absolute Gasteiger partial charge is 0.337 e. The van der Waals surface area contributed by atoms with Gasteiger partial charge in [-0.2, -0.15) is 0 Å². The summed E-state index contributed by atoms with van der Waals surface area (Å²) in [6.07, 6.45) is 4.85. The first-order chi connectivity index (χ1) is 11.9. The van der Waals surface area contributed by atoms with Crippen molar-refractivity contribution in [3.05, 3.63) is 45.3 Å². The molecule has 0 radical (unpaired) electrons. The SMILES string of the molecule is CC1(C)CCc2sc(-c3cccc4c3CC[C@@H]4NN)c(C(=O)O)c2C1. The molecule has 1 aromatic heterocycles. The van der Waals surface area contributed by atoms with Gasteiger partial charge in [-0.25, -0.2) is 4.79 Å². The molecule has 132 valence electrons. The number of carboxylic acid groups (broad SMARTS) is 1. The highest BCUT2D eigenvalue weighted by molar-refractivity contribution is 7.16. The molecule has 1 heterocycles. The summed E-state index contributed by atoms with van der Waals surface area (Å²) in [5, 5.41) is 9.96. The highest BCUT2D eigenvalue weighted by Crippen LogP contribution is 2.47. The van der Waals surface area contributed by atoms with Gasteiger partial charge in [-0.15, -0.1) is 11.3 Å². The number of hydrazine groups is 1. The molecule has 2 aliphatic carbocycles. The molecule has 0 fully saturated rings. The summed E-state index contributed by atoms with van der Waals surface area (Å²) in [4.78, 5) is 14.3. The van der Waals surface area contributed by atoms with Crippen LogP contribution in [0.15, 0.2) is 18.2 Å². The van der Waals surface area contributed by atoms with Gasteiger partial charge in [0.05, 0.1) is 5.56 Å². The van der Waals surface area contributed by atoms with E-state index >= 15 is 0 Å². The van der Waals surface area contributed by atoms with Gasteiger partial charge < -0.3 is 5.11 Å². The quantitative estimate of drug-likeness (QED) is 0.572. The summed E-state index contributed by atoms with van der Waals surface area (Å²) in [7, 11) is 0. The van der Waals surface area contributed by atoms with E-state index in [1.54, 1.807) is 11.3 Å². The van der Waals surface area contributed by atoms with Gasteiger partial charge in [-0.1, -0.05) is 32.0 Å². The Morgan fingerprint density at radius 3 is 2.84 bits per heavy atom. The second-order valence-electron chi connectivity index (χ2n) is 7.99. The van der Waals surface area contributed by atoms with Crippen molar-refractivity contribution in [1.82, 2.24) is 5.43 Å². The lowest BCUT2D eigenvalue weighted by molar-refractivity contribution is 0.0696. The standard InChI is InChI=1S/C20H24N2O2S/c1-20(2)9-8-16-14(10-20)17(19(23)24)18(25-16)13-5-3-4-12-11(13)6-7-15(12)22-21/h3-5,15,22H,6-10,21H2,1-2H3,(H,23,24)/t15-/m0/s1. The van der Waals surface area contributed by atoms with Crippen molar-refractivity contribution in [1.29, 1.82) is 0 Å². The van der Waals surface area contributed by atoms with Crippen molar-refractivity contribution in [3.63, 3.8) is 0 Å². The molecule has 25 heavy (non-hydrogen) atoms. The monoisotopic (exact) mass is 356 g/mol. The van der Waals surface area contributed by atoms with E-state index < -0.39 is 5.97 Å². The predicted molar refractivity (Wildman–Crippen MR) is 101 cm³/mol. The van der Waals surface area contributed by atoms with E-state index in [0.29, 0.717) is 5.56 Å². The van der Waals surface area contributed by atoms with E-state index in [-0.39, 0.29) is 11.5 Å². The number of fused-ring (bicyclic) bond motifs is 2. The summed E-state index contributed by atoms with van der Waals surface area (Å²) in [6.45, 7) is 4.47. The van der Waals surface area contributed by atoms with Crippen molar-refractivity contribution >= 4 is 17.3 Å². The number of aromatic carboxylic acids is 1. The number of benzene rings is 1. The van der Waals surface area contributed by atoms with E-state index in [0.717, 1.165) is 48.1 Å². The maximum atomic E-state index is 12.1. The zero-order valence-corrected chi connectivity index (χ0v) is 15.5. The molecule has 0 saturated heterocycles. The number of thiophene rings is 1. The van der Waals surface area contributed by atoms with Gasteiger partial charge in [-0.05, 0) is 59.8 Å². The minimum Gasteiger partial charge on any atom is -0.478 e. The number of hydrogen-bond donors (Lipinski definition) is 3. The van der Waals surface area contributed by atoms with Gasteiger partial charge >= 0.3 is 5.97 Å². The highest BCUT2D eigenvalue weighted by Gasteiger charge is 2.34. The zero-order chi connectivity index (χ0) is 17.8. The first kappa shape index (κ1) is 16.8. The summed E-state index contributed by atoms with van der Waals surface area (Å²) < 4.78 is 0. The van der Waals surface area contributed by atoms with Gasteiger partial charge in [-0.3, -0.25) is 11.3 Å². The summed E-state index contributed by atoms with van der Waals surface area (Å²) >= 11 is 1.69. The van der Waals surface area contributed by atoms with Crippen LogP contribution in [0.1, 0.15) is 64.7 Å². The fourth-order valence-corrected chi connectivity index (χ4v) is 5.74. The Hall–Kier alpha value is -1.69. The van der Waals surface area contributed by atoms with Crippen molar-refractivity contribution in [2.45, 2.75) is 52.0 Å². The minimum atomic E-state index is -0.797. The topological polar surface area (TPSA) is 75.3 Å². The molecule has 5 heteroatoms. The van der Waals surface area contributed by atoms with Crippen LogP contribution in [0.3, 0.4) is 0 Å². The van der Waals surface area contributed by atoms with Crippen LogP contribution in [0.25, 0.3) is 10.4 Å². The van der Waals surface area contributed by atoms with Crippen LogP contribution in [-0.2, 0) is 19.3 Å². The molecule has 0 unspecified atom stereocenters. The molecule has 4 nitrogen and oxygen atoms in total. The third-order valence-corrected chi connectivity index (χ3v) is 7.03. The molecular weight excluding hydrogens is 332 g/mol. The Balaban J connectivity index is 1.90. The highest BCUT2D eigenvalue weighted by atomic mass is 32.1. The normalized spacial score (nSPS) is 21.0. The maximum Gasteiger partial charge on any atom is 0.337 e. The van der Waals surface area contributed by atoms with Crippen molar-refractivity contribution in [3.8, 4) is 10.4 Å². The Labute approximate surface area is 152 Å². The van der Waals surface area contributed by atoms with Crippen LogP contribution in [0.2, 0.25) is 0 Å². The van der Waals surface area contributed by atoms with Gasteiger partial charge in [0.2, 0.25) is 0 Å².